The fraction of sp³-hybridized carbons (Fsp3) is 0.217. The molecule has 4 rings (SSSR count). The molecule has 0 atom stereocenters. The van der Waals surface area contributed by atoms with Crippen LogP contribution in [0.1, 0.15) is 11.3 Å². The number of rotatable bonds is 8. The van der Waals surface area contributed by atoms with E-state index in [2.05, 4.69) is 15.5 Å². The first kappa shape index (κ1) is 22.4. The van der Waals surface area contributed by atoms with Gasteiger partial charge in [-0.2, -0.15) is 0 Å². The summed E-state index contributed by atoms with van der Waals surface area (Å²) in [5, 5.41) is 7.37. The summed E-state index contributed by atoms with van der Waals surface area (Å²) in [4.78, 5) is 30.4. The third-order valence-electron chi connectivity index (χ3n) is 4.84. The predicted octanol–water partition coefficient (Wildman–Crippen LogP) is 3.49. The van der Waals surface area contributed by atoms with Gasteiger partial charge in [-0.25, -0.2) is 4.98 Å². The molecule has 0 spiro atoms. The zero-order valence-corrected chi connectivity index (χ0v) is 19.1. The number of carbonyl (C=O) groups excluding carboxylic acids is 1. The average molecular weight is 467 g/mol. The molecule has 0 bridgehead atoms. The summed E-state index contributed by atoms with van der Waals surface area (Å²) in [6.07, 6.45) is 0. The van der Waals surface area contributed by atoms with Crippen LogP contribution >= 0.6 is 11.8 Å². The number of thioether (sulfide) groups is 1. The van der Waals surface area contributed by atoms with Crippen LogP contribution in [0.3, 0.4) is 0 Å². The third-order valence-corrected chi connectivity index (χ3v) is 5.82. The standard InChI is InChI=1S/C23H22N4O5S/c1-14-10-20(26-32-14)25-21(28)13-33-23-24-17-7-5-4-6-16(17)22(29)27(23)12-15-8-9-18(30-2)19(11-15)31-3/h4-11H,12-13H2,1-3H3,(H,25,26,28). The Balaban J connectivity index is 1.64. The van der Waals surface area contributed by atoms with Gasteiger partial charge in [-0.15, -0.1) is 0 Å². The van der Waals surface area contributed by atoms with Gasteiger partial charge < -0.3 is 19.3 Å². The Labute approximate surface area is 193 Å². The average Bonchev–Trinajstić information content (AvgIpc) is 3.23. The number of carbonyl (C=O) groups is 1. The Kier molecular flexibility index (Phi) is 6.64. The Morgan fingerprint density at radius 1 is 1.12 bits per heavy atom. The number of nitrogens with one attached hydrogen (secondary N) is 1. The van der Waals surface area contributed by atoms with Crippen LogP contribution in [0.25, 0.3) is 10.9 Å². The maximum atomic E-state index is 13.3. The Hall–Kier alpha value is -3.79. The maximum Gasteiger partial charge on any atom is 0.262 e. The molecular formula is C23H22N4O5S. The Bertz CT molecular complexity index is 1360. The first-order chi connectivity index (χ1) is 16.0. The highest BCUT2D eigenvalue weighted by Crippen LogP contribution is 2.28. The molecule has 0 unspecified atom stereocenters. The minimum Gasteiger partial charge on any atom is -0.493 e. The first-order valence-corrected chi connectivity index (χ1v) is 11.0. The number of fused-ring (bicyclic) bond motifs is 1. The van der Waals surface area contributed by atoms with Crippen molar-refractivity contribution in [2.24, 2.45) is 0 Å². The van der Waals surface area contributed by atoms with E-state index < -0.39 is 0 Å². The van der Waals surface area contributed by atoms with E-state index in [-0.39, 0.29) is 23.8 Å². The van der Waals surface area contributed by atoms with Gasteiger partial charge in [0.2, 0.25) is 5.91 Å². The van der Waals surface area contributed by atoms with E-state index in [4.69, 9.17) is 14.0 Å². The molecule has 33 heavy (non-hydrogen) atoms. The van der Waals surface area contributed by atoms with Gasteiger partial charge in [0, 0.05) is 6.07 Å². The van der Waals surface area contributed by atoms with Crippen LogP contribution in [0, 0.1) is 6.92 Å². The monoisotopic (exact) mass is 466 g/mol. The molecule has 4 aromatic rings. The summed E-state index contributed by atoms with van der Waals surface area (Å²) in [6.45, 7) is 1.99. The quantitative estimate of drug-likeness (QED) is 0.311. The second-order valence-electron chi connectivity index (χ2n) is 7.15. The molecule has 0 fully saturated rings. The summed E-state index contributed by atoms with van der Waals surface area (Å²) in [5.41, 5.74) is 1.21. The normalized spacial score (nSPS) is 10.9. The van der Waals surface area contributed by atoms with E-state index in [1.807, 2.05) is 18.2 Å². The maximum absolute atomic E-state index is 13.3. The zero-order valence-electron chi connectivity index (χ0n) is 18.3. The highest BCUT2D eigenvalue weighted by molar-refractivity contribution is 7.99. The number of amides is 1. The molecule has 170 valence electrons. The van der Waals surface area contributed by atoms with Crippen LogP contribution in [-0.2, 0) is 11.3 Å². The van der Waals surface area contributed by atoms with Gasteiger partial charge >= 0.3 is 0 Å². The molecule has 0 radical (unpaired) electrons. The summed E-state index contributed by atoms with van der Waals surface area (Å²) in [7, 11) is 3.12. The second kappa shape index (κ2) is 9.78. The molecule has 0 saturated heterocycles. The molecule has 0 aliphatic rings. The van der Waals surface area contributed by atoms with Crippen LogP contribution in [0.4, 0.5) is 5.82 Å². The van der Waals surface area contributed by atoms with E-state index in [9.17, 15) is 9.59 Å². The van der Waals surface area contributed by atoms with Gasteiger partial charge in [0.25, 0.3) is 5.56 Å². The van der Waals surface area contributed by atoms with Crippen LogP contribution < -0.4 is 20.3 Å². The van der Waals surface area contributed by atoms with Gasteiger partial charge in [0.1, 0.15) is 5.76 Å². The molecular weight excluding hydrogens is 444 g/mol. The Morgan fingerprint density at radius 3 is 2.64 bits per heavy atom. The third kappa shape index (κ3) is 5.01. The number of hydrogen-bond donors (Lipinski definition) is 1. The summed E-state index contributed by atoms with van der Waals surface area (Å²) >= 11 is 1.17. The fourth-order valence-corrected chi connectivity index (χ4v) is 4.09. The lowest BCUT2D eigenvalue weighted by Crippen LogP contribution is -2.25. The van der Waals surface area contributed by atoms with Gasteiger partial charge in [-0.1, -0.05) is 35.1 Å². The lowest BCUT2D eigenvalue weighted by molar-refractivity contribution is -0.113. The van der Waals surface area contributed by atoms with Crippen molar-refractivity contribution in [1.29, 1.82) is 0 Å². The number of benzene rings is 2. The number of para-hydroxylation sites is 1. The summed E-state index contributed by atoms with van der Waals surface area (Å²) in [6, 6.07) is 14.2. The topological polar surface area (TPSA) is 108 Å². The van der Waals surface area contributed by atoms with Crippen molar-refractivity contribution in [3.05, 3.63) is 70.2 Å². The number of aromatic nitrogens is 3. The Morgan fingerprint density at radius 2 is 1.91 bits per heavy atom. The summed E-state index contributed by atoms with van der Waals surface area (Å²) < 4.78 is 17.2. The van der Waals surface area contributed by atoms with Crippen molar-refractivity contribution < 1.29 is 18.8 Å². The molecule has 0 aliphatic carbocycles. The van der Waals surface area contributed by atoms with Crippen LogP contribution in [0.2, 0.25) is 0 Å². The molecule has 0 aliphatic heterocycles. The van der Waals surface area contributed by atoms with Crippen molar-refractivity contribution >= 4 is 34.4 Å². The fourth-order valence-electron chi connectivity index (χ4n) is 3.29. The van der Waals surface area contributed by atoms with E-state index in [1.165, 1.54) is 11.8 Å². The van der Waals surface area contributed by atoms with Crippen molar-refractivity contribution in [3.8, 4) is 11.5 Å². The van der Waals surface area contributed by atoms with Crippen molar-refractivity contribution in [2.75, 3.05) is 25.3 Å². The van der Waals surface area contributed by atoms with E-state index >= 15 is 0 Å². The lowest BCUT2D eigenvalue weighted by atomic mass is 10.2. The second-order valence-corrected chi connectivity index (χ2v) is 8.09. The molecule has 2 heterocycles. The number of nitrogens with zero attached hydrogens (tertiary/aromatic N) is 3. The first-order valence-electron chi connectivity index (χ1n) is 10.0. The molecule has 0 saturated carbocycles. The van der Waals surface area contributed by atoms with E-state index in [1.54, 1.807) is 56.0 Å². The molecule has 10 heteroatoms. The van der Waals surface area contributed by atoms with Crippen LogP contribution in [-0.4, -0.2) is 40.6 Å². The molecule has 1 amide bonds. The van der Waals surface area contributed by atoms with Gasteiger partial charge in [-0.3, -0.25) is 14.2 Å². The van der Waals surface area contributed by atoms with Gasteiger partial charge in [-0.05, 0) is 36.8 Å². The molecule has 2 aromatic carbocycles. The van der Waals surface area contributed by atoms with Crippen LogP contribution in [0.15, 0.2) is 63.0 Å². The van der Waals surface area contributed by atoms with Crippen LogP contribution in [0.5, 0.6) is 11.5 Å². The summed E-state index contributed by atoms with van der Waals surface area (Å²) in [5.74, 6) is 1.86. The minimum atomic E-state index is -0.284. The molecule has 9 nitrogen and oxygen atoms in total. The largest absolute Gasteiger partial charge is 0.493 e. The van der Waals surface area contributed by atoms with Gasteiger partial charge in [0.15, 0.2) is 22.5 Å². The number of aryl methyl sites for hydroxylation is 1. The van der Waals surface area contributed by atoms with E-state index in [0.29, 0.717) is 39.1 Å². The van der Waals surface area contributed by atoms with Crippen molar-refractivity contribution in [3.63, 3.8) is 0 Å². The van der Waals surface area contributed by atoms with Crippen molar-refractivity contribution in [1.82, 2.24) is 14.7 Å². The highest BCUT2D eigenvalue weighted by atomic mass is 32.2. The van der Waals surface area contributed by atoms with E-state index in [0.717, 1.165) is 5.56 Å². The minimum absolute atomic E-state index is 0.0443. The predicted molar refractivity (Wildman–Crippen MR) is 125 cm³/mol. The smallest absolute Gasteiger partial charge is 0.262 e. The number of anilines is 1. The van der Waals surface area contributed by atoms with Crippen molar-refractivity contribution in [2.45, 2.75) is 18.6 Å². The zero-order chi connectivity index (χ0) is 23.4. The lowest BCUT2D eigenvalue weighted by Gasteiger charge is -2.14. The highest BCUT2D eigenvalue weighted by Gasteiger charge is 2.15. The molecule has 1 N–H and O–H groups in total. The number of methoxy groups -OCH3 is 2. The number of hydrogen-bond acceptors (Lipinski definition) is 8. The SMILES string of the molecule is COc1ccc(Cn2c(SCC(=O)Nc3cc(C)on3)nc3ccccc3c2=O)cc1OC. The molecule has 2 aromatic heterocycles. The number of ether oxygens (including phenoxy) is 2. The van der Waals surface area contributed by atoms with Gasteiger partial charge in [0.05, 0.1) is 37.4 Å².